The lowest BCUT2D eigenvalue weighted by Gasteiger charge is -2.21. The highest BCUT2D eigenvalue weighted by Gasteiger charge is 2.15. The Bertz CT molecular complexity index is 360. The number of aryl methyl sites for hydroxylation is 2. The monoisotopic (exact) mass is 246 g/mol. The number of nitrogens with zero attached hydrogens (tertiary/aromatic N) is 1. The van der Waals surface area contributed by atoms with Crippen LogP contribution in [0.25, 0.3) is 0 Å². The van der Waals surface area contributed by atoms with Gasteiger partial charge in [-0.1, -0.05) is 29.3 Å². The molecule has 1 heterocycles. The molecular weight excluding hydrogens is 220 g/mol. The molecule has 2 nitrogen and oxygen atoms in total. The van der Waals surface area contributed by atoms with E-state index in [9.17, 15) is 0 Å². The largest absolute Gasteiger partial charge is 0.313 e. The summed E-state index contributed by atoms with van der Waals surface area (Å²) in [6.45, 7) is 8.18. The number of nitrogens with one attached hydrogen (secondary N) is 1. The number of rotatable bonds is 5. The minimum atomic E-state index is 0.490. The van der Waals surface area contributed by atoms with Gasteiger partial charge in [-0.25, -0.2) is 0 Å². The lowest BCUT2D eigenvalue weighted by Crippen LogP contribution is -2.26. The molecular formula is C16H26N2. The molecule has 2 heteroatoms. The Morgan fingerprint density at radius 2 is 1.72 bits per heavy atom. The Morgan fingerprint density at radius 3 is 2.28 bits per heavy atom. The SMILES string of the molecule is CNC(CCN1CCCC1)c1cc(C)cc(C)c1. The van der Waals surface area contributed by atoms with Crippen molar-refractivity contribution < 1.29 is 0 Å². The molecule has 100 valence electrons. The van der Waals surface area contributed by atoms with Gasteiger partial charge in [-0.3, -0.25) is 0 Å². The zero-order valence-corrected chi connectivity index (χ0v) is 12.0. The first kappa shape index (κ1) is 13.6. The highest BCUT2D eigenvalue weighted by molar-refractivity contribution is 5.30. The Kier molecular flexibility index (Phi) is 4.79. The van der Waals surface area contributed by atoms with Crippen molar-refractivity contribution in [1.82, 2.24) is 10.2 Å². The molecule has 1 aromatic carbocycles. The van der Waals surface area contributed by atoms with E-state index in [0.29, 0.717) is 6.04 Å². The van der Waals surface area contributed by atoms with Crippen LogP contribution in [-0.2, 0) is 0 Å². The lowest BCUT2D eigenvalue weighted by molar-refractivity contribution is 0.314. The summed E-state index contributed by atoms with van der Waals surface area (Å²) < 4.78 is 0. The molecule has 1 atom stereocenters. The Labute approximate surface area is 111 Å². The molecule has 1 N–H and O–H groups in total. The van der Waals surface area contributed by atoms with Gasteiger partial charge in [0.05, 0.1) is 0 Å². The fraction of sp³-hybridized carbons (Fsp3) is 0.625. The van der Waals surface area contributed by atoms with Gasteiger partial charge in [-0.15, -0.1) is 0 Å². The second-order valence-corrected chi connectivity index (χ2v) is 5.60. The highest BCUT2D eigenvalue weighted by atomic mass is 15.1. The molecule has 0 aromatic heterocycles. The summed E-state index contributed by atoms with van der Waals surface area (Å²) in [5.74, 6) is 0. The fourth-order valence-electron chi connectivity index (χ4n) is 3.01. The second kappa shape index (κ2) is 6.35. The van der Waals surface area contributed by atoms with E-state index >= 15 is 0 Å². The molecule has 0 aliphatic carbocycles. The molecule has 1 unspecified atom stereocenters. The van der Waals surface area contributed by atoms with E-state index in [1.54, 1.807) is 0 Å². The van der Waals surface area contributed by atoms with Crippen LogP contribution in [-0.4, -0.2) is 31.6 Å². The Hall–Kier alpha value is -0.860. The van der Waals surface area contributed by atoms with Gasteiger partial charge in [0.15, 0.2) is 0 Å². The van der Waals surface area contributed by atoms with Crippen LogP contribution in [0.3, 0.4) is 0 Å². The molecule has 18 heavy (non-hydrogen) atoms. The normalized spacial score (nSPS) is 18.2. The van der Waals surface area contributed by atoms with E-state index < -0.39 is 0 Å². The van der Waals surface area contributed by atoms with Crippen LogP contribution in [0.5, 0.6) is 0 Å². The van der Waals surface area contributed by atoms with Crippen molar-refractivity contribution in [3.05, 3.63) is 34.9 Å². The first-order chi connectivity index (χ1) is 8.69. The Balaban J connectivity index is 1.98. The second-order valence-electron chi connectivity index (χ2n) is 5.60. The topological polar surface area (TPSA) is 15.3 Å². The van der Waals surface area contributed by atoms with E-state index in [1.807, 2.05) is 0 Å². The molecule has 1 fully saturated rings. The van der Waals surface area contributed by atoms with Crippen molar-refractivity contribution in [1.29, 1.82) is 0 Å². The summed E-state index contributed by atoms with van der Waals surface area (Å²) in [6.07, 6.45) is 3.97. The van der Waals surface area contributed by atoms with Crippen LogP contribution in [0.1, 0.15) is 42.0 Å². The molecule has 0 bridgehead atoms. The van der Waals surface area contributed by atoms with Crippen molar-refractivity contribution in [2.24, 2.45) is 0 Å². The van der Waals surface area contributed by atoms with Gasteiger partial charge in [-0.2, -0.15) is 0 Å². The number of hydrogen-bond acceptors (Lipinski definition) is 2. The smallest absolute Gasteiger partial charge is 0.0329 e. The first-order valence-electron chi connectivity index (χ1n) is 7.17. The molecule has 1 aromatic rings. The van der Waals surface area contributed by atoms with Crippen LogP contribution in [0.2, 0.25) is 0 Å². The van der Waals surface area contributed by atoms with E-state index in [4.69, 9.17) is 0 Å². The third-order valence-electron chi connectivity index (χ3n) is 3.93. The van der Waals surface area contributed by atoms with E-state index in [0.717, 1.165) is 0 Å². The van der Waals surface area contributed by atoms with E-state index in [1.165, 1.54) is 55.6 Å². The van der Waals surface area contributed by atoms with Crippen LogP contribution >= 0.6 is 0 Å². The minimum absolute atomic E-state index is 0.490. The van der Waals surface area contributed by atoms with Crippen molar-refractivity contribution >= 4 is 0 Å². The van der Waals surface area contributed by atoms with Crippen molar-refractivity contribution in [2.45, 2.75) is 39.2 Å². The molecule has 0 amide bonds. The molecule has 1 aliphatic heterocycles. The van der Waals surface area contributed by atoms with Crippen molar-refractivity contribution in [3.63, 3.8) is 0 Å². The fourth-order valence-corrected chi connectivity index (χ4v) is 3.01. The highest BCUT2D eigenvalue weighted by Crippen LogP contribution is 2.21. The van der Waals surface area contributed by atoms with Gasteiger partial charge >= 0.3 is 0 Å². The molecule has 1 aliphatic rings. The van der Waals surface area contributed by atoms with Gasteiger partial charge in [0.2, 0.25) is 0 Å². The average Bonchev–Trinajstić information content (AvgIpc) is 2.81. The van der Waals surface area contributed by atoms with Crippen molar-refractivity contribution in [3.8, 4) is 0 Å². The molecule has 0 radical (unpaired) electrons. The molecule has 2 rings (SSSR count). The maximum absolute atomic E-state index is 3.47. The van der Waals surface area contributed by atoms with E-state index in [-0.39, 0.29) is 0 Å². The van der Waals surface area contributed by atoms with Crippen LogP contribution in [0.15, 0.2) is 18.2 Å². The average molecular weight is 246 g/mol. The summed E-state index contributed by atoms with van der Waals surface area (Å²) in [7, 11) is 2.08. The first-order valence-corrected chi connectivity index (χ1v) is 7.17. The molecule has 0 saturated carbocycles. The molecule has 1 saturated heterocycles. The van der Waals surface area contributed by atoms with Crippen molar-refractivity contribution in [2.75, 3.05) is 26.7 Å². The zero-order valence-electron chi connectivity index (χ0n) is 12.0. The summed E-state index contributed by atoms with van der Waals surface area (Å²) in [5, 5.41) is 3.47. The summed E-state index contributed by atoms with van der Waals surface area (Å²) in [4.78, 5) is 2.59. The van der Waals surface area contributed by atoms with Gasteiger partial charge in [0.1, 0.15) is 0 Å². The summed E-state index contributed by atoms with van der Waals surface area (Å²) in [6, 6.07) is 7.37. The summed E-state index contributed by atoms with van der Waals surface area (Å²) in [5.41, 5.74) is 4.17. The maximum atomic E-state index is 3.47. The predicted molar refractivity (Wildman–Crippen MR) is 78.0 cm³/mol. The van der Waals surface area contributed by atoms with Crippen LogP contribution in [0, 0.1) is 13.8 Å². The van der Waals surface area contributed by atoms with Gasteiger partial charge < -0.3 is 10.2 Å². The number of hydrogen-bond donors (Lipinski definition) is 1. The maximum Gasteiger partial charge on any atom is 0.0329 e. The third kappa shape index (κ3) is 3.56. The number of benzene rings is 1. The van der Waals surface area contributed by atoms with Crippen LogP contribution < -0.4 is 5.32 Å². The zero-order chi connectivity index (χ0) is 13.0. The standard InChI is InChI=1S/C16H26N2/c1-13-10-14(2)12-15(11-13)16(17-3)6-9-18-7-4-5-8-18/h10-12,16-17H,4-9H2,1-3H3. The quantitative estimate of drug-likeness (QED) is 0.859. The summed E-state index contributed by atoms with van der Waals surface area (Å²) >= 11 is 0. The van der Waals surface area contributed by atoms with Gasteiger partial charge in [-0.05, 0) is 65.4 Å². The lowest BCUT2D eigenvalue weighted by atomic mass is 9.99. The minimum Gasteiger partial charge on any atom is -0.313 e. The van der Waals surface area contributed by atoms with E-state index in [2.05, 4.69) is 49.3 Å². The third-order valence-corrected chi connectivity index (χ3v) is 3.93. The van der Waals surface area contributed by atoms with Gasteiger partial charge in [0.25, 0.3) is 0 Å². The van der Waals surface area contributed by atoms with Crippen LogP contribution in [0.4, 0.5) is 0 Å². The predicted octanol–water partition coefficient (Wildman–Crippen LogP) is 3.05. The van der Waals surface area contributed by atoms with Gasteiger partial charge in [0, 0.05) is 6.04 Å². The number of likely N-dealkylation sites (tertiary alicyclic amines) is 1. The Morgan fingerprint density at radius 1 is 1.11 bits per heavy atom. The molecule has 0 spiro atoms.